The molecule has 3 heteroatoms. The van der Waals surface area contributed by atoms with E-state index in [4.69, 9.17) is 0 Å². The molecule has 3 nitrogen and oxygen atoms in total. The Bertz CT molecular complexity index is 366. The van der Waals surface area contributed by atoms with Gasteiger partial charge in [0.1, 0.15) is 0 Å². The van der Waals surface area contributed by atoms with Crippen LogP contribution < -0.4 is 5.01 Å². The van der Waals surface area contributed by atoms with Gasteiger partial charge in [-0.2, -0.15) is 0 Å². The molecule has 1 aliphatic heterocycles. The fourth-order valence-corrected chi connectivity index (χ4v) is 3.01. The number of aliphatic hydroxyl groups is 1. The lowest BCUT2D eigenvalue weighted by atomic mass is 9.95. The molecule has 2 heterocycles. The first kappa shape index (κ1) is 10.2. The molecule has 1 unspecified atom stereocenters. The van der Waals surface area contributed by atoms with Crippen LogP contribution in [0.25, 0.3) is 0 Å². The van der Waals surface area contributed by atoms with Crippen molar-refractivity contribution in [2.24, 2.45) is 0 Å². The van der Waals surface area contributed by atoms with Crippen molar-refractivity contribution in [2.45, 2.75) is 44.6 Å². The molecule has 88 valence electrons. The van der Waals surface area contributed by atoms with Gasteiger partial charge >= 0.3 is 0 Å². The second-order valence-corrected chi connectivity index (χ2v) is 4.98. The Morgan fingerprint density at radius 1 is 1.12 bits per heavy atom. The average Bonchev–Trinajstić information content (AvgIpc) is 2.75. The summed E-state index contributed by atoms with van der Waals surface area (Å²) in [4.78, 5) is 0. The Morgan fingerprint density at radius 2 is 1.94 bits per heavy atom. The Balaban J connectivity index is 1.89. The van der Waals surface area contributed by atoms with E-state index in [-0.39, 0.29) is 6.10 Å². The maximum atomic E-state index is 9.94. The van der Waals surface area contributed by atoms with Gasteiger partial charge in [-0.1, -0.05) is 0 Å². The van der Waals surface area contributed by atoms with Crippen molar-refractivity contribution < 1.29 is 5.11 Å². The quantitative estimate of drug-likeness (QED) is 0.784. The van der Waals surface area contributed by atoms with Gasteiger partial charge in [-0.3, -0.25) is 4.68 Å². The van der Waals surface area contributed by atoms with Crippen molar-refractivity contribution in [3.63, 3.8) is 0 Å². The fourth-order valence-electron chi connectivity index (χ4n) is 3.01. The van der Waals surface area contributed by atoms with Gasteiger partial charge < -0.3 is 10.1 Å². The van der Waals surface area contributed by atoms with Gasteiger partial charge in [0.15, 0.2) is 0 Å². The number of fused-ring (bicyclic) bond motifs is 1. The number of hydrogen-bond donors (Lipinski definition) is 1. The topological polar surface area (TPSA) is 28.4 Å². The lowest BCUT2D eigenvalue weighted by Gasteiger charge is -2.32. The van der Waals surface area contributed by atoms with Crippen LogP contribution >= 0.6 is 0 Å². The van der Waals surface area contributed by atoms with Gasteiger partial charge in [0, 0.05) is 30.5 Å². The van der Waals surface area contributed by atoms with E-state index in [1.807, 2.05) is 0 Å². The van der Waals surface area contributed by atoms with Gasteiger partial charge in [0.25, 0.3) is 0 Å². The van der Waals surface area contributed by atoms with Crippen molar-refractivity contribution in [3.8, 4) is 0 Å². The minimum absolute atomic E-state index is 0.227. The van der Waals surface area contributed by atoms with Crippen molar-refractivity contribution >= 4 is 0 Å². The van der Waals surface area contributed by atoms with Crippen molar-refractivity contribution in [1.82, 2.24) is 4.68 Å². The van der Waals surface area contributed by atoms with Crippen molar-refractivity contribution in [3.05, 3.63) is 23.5 Å². The van der Waals surface area contributed by atoms with E-state index in [1.54, 1.807) is 0 Å². The van der Waals surface area contributed by atoms with Crippen LogP contribution in [0.15, 0.2) is 12.3 Å². The molecule has 1 fully saturated rings. The minimum atomic E-state index is -0.227. The van der Waals surface area contributed by atoms with E-state index in [0.29, 0.717) is 0 Å². The zero-order chi connectivity index (χ0) is 11.0. The van der Waals surface area contributed by atoms with Gasteiger partial charge in [0.05, 0.1) is 6.10 Å². The van der Waals surface area contributed by atoms with Gasteiger partial charge in [-0.05, 0) is 44.6 Å². The first-order valence-corrected chi connectivity index (χ1v) is 6.49. The average molecular weight is 220 g/mol. The molecule has 1 aromatic rings. The summed E-state index contributed by atoms with van der Waals surface area (Å²) < 4.78 is 2.30. The number of aromatic nitrogens is 1. The fraction of sp³-hybridized carbons (Fsp3) is 0.692. The zero-order valence-corrected chi connectivity index (χ0v) is 9.73. The molecule has 0 bridgehead atoms. The highest BCUT2D eigenvalue weighted by molar-refractivity contribution is 5.28. The third kappa shape index (κ3) is 1.63. The molecule has 0 saturated carbocycles. The van der Waals surface area contributed by atoms with Crippen LogP contribution in [0, 0.1) is 0 Å². The zero-order valence-electron chi connectivity index (χ0n) is 9.73. The maximum Gasteiger partial charge on any atom is 0.0808 e. The first-order chi connectivity index (χ1) is 7.86. The van der Waals surface area contributed by atoms with Crippen LogP contribution in [0.4, 0.5) is 0 Å². The minimum Gasteiger partial charge on any atom is -0.388 e. The van der Waals surface area contributed by atoms with Crippen LogP contribution in [0.1, 0.15) is 49.5 Å². The van der Waals surface area contributed by atoms with Crippen LogP contribution in [0.5, 0.6) is 0 Å². The van der Waals surface area contributed by atoms with Crippen molar-refractivity contribution in [2.75, 3.05) is 18.1 Å². The largest absolute Gasteiger partial charge is 0.388 e. The maximum absolute atomic E-state index is 9.94. The molecule has 0 amide bonds. The predicted molar refractivity (Wildman–Crippen MR) is 64.1 cm³/mol. The van der Waals surface area contributed by atoms with E-state index in [9.17, 15) is 5.11 Å². The molecule has 0 aromatic carbocycles. The lowest BCUT2D eigenvalue weighted by Crippen LogP contribution is -2.40. The third-order valence-corrected chi connectivity index (χ3v) is 3.89. The summed E-state index contributed by atoms with van der Waals surface area (Å²) in [6.45, 7) is 2.33. The van der Waals surface area contributed by atoms with Gasteiger partial charge in [-0.25, -0.2) is 0 Å². The molecule has 3 rings (SSSR count). The molecule has 1 aliphatic carbocycles. The summed E-state index contributed by atoms with van der Waals surface area (Å²) in [5.41, 5.74) is 2.51. The summed E-state index contributed by atoms with van der Waals surface area (Å²) >= 11 is 0. The van der Waals surface area contributed by atoms with E-state index < -0.39 is 0 Å². The molecular formula is C13H20N2O. The second-order valence-electron chi connectivity index (χ2n) is 4.98. The van der Waals surface area contributed by atoms with Gasteiger partial charge in [0.2, 0.25) is 0 Å². The Labute approximate surface area is 96.6 Å². The smallest absolute Gasteiger partial charge is 0.0808 e. The van der Waals surface area contributed by atoms with E-state index in [1.165, 1.54) is 25.0 Å². The number of hydrogen-bond acceptors (Lipinski definition) is 2. The molecule has 0 radical (unpaired) electrons. The van der Waals surface area contributed by atoms with Crippen LogP contribution in [-0.4, -0.2) is 22.9 Å². The first-order valence-electron chi connectivity index (χ1n) is 6.49. The van der Waals surface area contributed by atoms with E-state index >= 15 is 0 Å². The second kappa shape index (κ2) is 4.13. The van der Waals surface area contributed by atoms with Crippen molar-refractivity contribution in [1.29, 1.82) is 0 Å². The monoisotopic (exact) mass is 220 g/mol. The SMILES string of the molecule is OC1CCCc2c1ccn2N1CCCCC1. The third-order valence-electron chi connectivity index (χ3n) is 3.89. The van der Waals surface area contributed by atoms with Gasteiger partial charge in [-0.15, -0.1) is 0 Å². The van der Waals surface area contributed by atoms with Crippen LogP contribution in [0.3, 0.4) is 0 Å². The number of nitrogens with zero attached hydrogens (tertiary/aromatic N) is 2. The summed E-state index contributed by atoms with van der Waals surface area (Å²) in [6, 6.07) is 2.10. The van der Waals surface area contributed by atoms with Crippen LogP contribution in [0.2, 0.25) is 0 Å². The number of aliphatic hydroxyl groups excluding tert-OH is 1. The molecule has 16 heavy (non-hydrogen) atoms. The number of rotatable bonds is 1. The van der Waals surface area contributed by atoms with E-state index in [2.05, 4.69) is 21.9 Å². The molecule has 1 saturated heterocycles. The van der Waals surface area contributed by atoms with Crippen LogP contribution in [-0.2, 0) is 6.42 Å². The molecular weight excluding hydrogens is 200 g/mol. The molecule has 0 spiro atoms. The predicted octanol–water partition coefficient (Wildman–Crippen LogP) is 1.98. The lowest BCUT2D eigenvalue weighted by molar-refractivity contribution is 0.155. The number of piperidine rings is 1. The highest BCUT2D eigenvalue weighted by atomic mass is 16.3. The highest BCUT2D eigenvalue weighted by Crippen LogP contribution is 2.30. The summed E-state index contributed by atoms with van der Waals surface area (Å²) in [5.74, 6) is 0. The Kier molecular flexibility index (Phi) is 2.64. The summed E-state index contributed by atoms with van der Waals surface area (Å²) in [6.07, 6.45) is 9.05. The summed E-state index contributed by atoms with van der Waals surface area (Å²) in [7, 11) is 0. The Morgan fingerprint density at radius 3 is 2.75 bits per heavy atom. The normalized spacial score (nSPS) is 25.6. The highest BCUT2D eigenvalue weighted by Gasteiger charge is 2.23. The Hall–Kier alpha value is -0.960. The molecule has 2 aliphatic rings. The van der Waals surface area contributed by atoms with E-state index in [0.717, 1.165) is 37.9 Å². The molecule has 1 N–H and O–H groups in total. The standard InChI is InChI=1S/C13H20N2O/c16-13-6-4-5-12-11(13)7-10-15(12)14-8-2-1-3-9-14/h7,10,13,16H,1-6,8-9H2. The molecule has 1 aromatic heterocycles. The molecule has 1 atom stereocenters. The summed E-state index contributed by atoms with van der Waals surface area (Å²) in [5, 5.41) is 12.4.